The molecule has 0 saturated carbocycles. The number of rotatable bonds is 5. The second kappa shape index (κ2) is 7.22. The second-order valence-corrected chi connectivity index (χ2v) is 5.57. The molecule has 0 atom stereocenters. The molecule has 0 fully saturated rings. The van der Waals surface area contributed by atoms with Crippen LogP contribution in [-0.2, 0) is 0 Å². The van der Waals surface area contributed by atoms with Crippen molar-refractivity contribution in [3.05, 3.63) is 73.4 Å². The Labute approximate surface area is 155 Å². The summed E-state index contributed by atoms with van der Waals surface area (Å²) in [6, 6.07) is 9.36. The lowest BCUT2D eigenvalue weighted by Gasteiger charge is -1.96. The van der Waals surface area contributed by atoms with Gasteiger partial charge in [-0.2, -0.15) is 0 Å². The number of aliphatic imine (C=N–C) groups is 1. The van der Waals surface area contributed by atoms with Crippen molar-refractivity contribution >= 4 is 34.9 Å². The number of halogens is 1. The Hall–Kier alpha value is -3.79. The highest BCUT2D eigenvalue weighted by Crippen LogP contribution is 2.30. The van der Waals surface area contributed by atoms with Gasteiger partial charge in [-0.3, -0.25) is 25.2 Å². The Balaban J connectivity index is 1.86. The zero-order chi connectivity index (χ0) is 19.6. The molecule has 10 nitrogen and oxygen atoms in total. The summed E-state index contributed by atoms with van der Waals surface area (Å²) in [5.41, 5.74) is 0.229. The predicted molar refractivity (Wildman–Crippen MR) is 95.6 cm³/mol. The predicted octanol–water partition coefficient (Wildman–Crippen LogP) is 4.27. The Bertz CT molecular complexity index is 1060. The molecule has 0 bridgehead atoms. The van der Waals surface area contributed by atoms with Crippen LogP contribution in [0.3, 0.4) is 0 Å². The molecule has 0 unspecified atom stereocenters. The number of hydrogen-bond donors (Lipinski definition) is 1. The van der Waals surface area contributed by atoms with Gasteiger partial charge in [0, 0.05) is 23.8 Å². The van der Waals surface area contributed by atoms with Crippen LogP contribution in [0.25, 0.3) is 11.5 Å². The summed E-state index contributed by atoms with van der Waals surface area (Å²) in [5.74, 6) is -0.485. The van der Waals surface area contributed by atoms with Gasteiger partial charge in [-0.1, -0.05) is 11.6 Å². The molecule has 1 heterocycles. The van der Waals surface area contributed by atoms with E-state index in [1.54, 1.807) is 0 Å². The van der Waals surface area contributed by atoms with Crippen molar-refractivity contribution in [2.45, 2.75) is 0 Å². The third kappa shape index (κ3) is 3.90. The van der Waals surface area contributed by atoms with Crippen LogP contribution < -0.4 is 0 Å². The molecule has 1 aromatic heterocycles. The van der Waals surface area contributed by atoms with Crippen molar-refractivity contribution in [3.8, 4) is 17.4 Å². The molecule has 3 rings (SSSR count). The van der Waals surface area contributed by atoms with E-state index in [9.17, 15) is 25.3 Å². The van der Waals surface area contributed by atoms with Crippen LogP contribution in [0.1, 0.15) is 5.69 Å². The van der Waals surface area contributed by atoms with Gasteiger partial charge in [-0.05, 0) is 24.3 Å². The first-order valence-electron chi connectivity index (χ1n) is 7.28. The van der Waals surface area contributed by atoms with Gasteiger partial charge < -0.3 is 9.52 Å². The van der Waals surface area contributed by atoms with Gasteiger partial charge in [0.15, 0.2) is 5.69 Å². The molecule has 1 N–H and O–H groups in total. The standard InChI is InChI=1S/C16H9ClN4O6/c17-12-6-3-10(7-14(12)21(25)26)18-8-13-16(22)27-15(19-13)9-1-4-11(5-2-9)20(23)24/h1-8,22H. The van der Waals surface area contributed by atoms with Crippen molar-refractivity contribution in [2.75, 3.05) is 0 Å². The third-order valence-corrected chi connectivity index (χ3v) is 3.74. The summed E-state index contributed by atoms with van der Waals surface area (Å²) in [4.78, 5) is 28.4. The fourth-order valence-corrected chi connectivity index (χ4v) is 2.30. The van der Waals surface area contributed by atoms with Crippen molar-refractivity contribution in [2.24, 2.45) is 4.99 Å². The van der Waals surface area contributed by atoms with Gasteiger partial charge in [-0.15, -0.1) is 0 Å². The SMILES string of the molecule is O=[N+]([O-])c1ccc(-c2nc(C=Nc3ccc(Cl)c([N+](=O)[O-])c3)c(O)o2)cc1. The molecule has 0 aliphatic heterocycles. The number of benzene rings is 2. The minimum atomic E-state index is -0.637. The molecule has 0 aliphatic rings. The summed E-state index contributed by atoms with van der Waals surface area (Å²) in [6.45, 7) is 0. The van der Waals surface area contributed by atoms with E-state index < -0.39 is 15.8 Å². The Morgan fingerprint density at radius 3 is 2.44 bits per heavy atom. The van der Waals surface area contributed by atoms with Crippen LogP contribution in [-0.4, -0.2) is 26.2 Å². The first-order valence-corrected chi connectivity index (χ1v) is 7.65. The van der Waals surface area contributed by atoms with Crippen LogP contribution in [0, 0.1) is 20.2 Å². The fourth-order valence-electron chi connectivity index (χ4n) is 2.11. The zero-order valence-electron chi connectivity index (χ0n) is 13.3. The molecule has 0 spiro atoms. The Morgan fingerprint density at radius 2 is 1.81 bits per heavy atom. The lowest BCUT2D eigenvalue weighted by Crippen LogP contribution is -1.89. The smallest absolute Gasteiger partial charge is 0.312 e. The second-order valence-electron chi connectivity index (χ2n) is 5.16. The van der Waals surface area contributed by atoms with Crippen LogP contribution in [0.15, 0.2) is 51.9 Å². The maximum Gasteiger partial charge on any atom is 0.312 e. The first-order chi connectivity index (χ1) is 12.8. The summed E-state index contributed by atoms with van der Waals surface area (Å²) < 4.78 is 5.12. The Morgan fingerprint density at radius 1 is 1.11 bits per heavy atom. The molecular formula is C16H9ClN4O6. The quantitative estimate of drug-likeness (QED) is 0.390. The number of nitrogens with zero attached hydrogens (tertiary/aromatic N) is 4. The zero-order valence-corrected chi connectivity index (χ0v) is 14.0. The van der Waals surface area contributed by atoms with Gasteiger partial charge in [0.2, 0.25) is 5.89 Å². The van der Waals surface area contributed by atoms with E-state index in [-0.39, 0.29) is 33.7 Å². The Kier molecular flexibility index (Phi) is 4.81. The lowest BCUT2D eigenvalue weighted by molar-refractivity contribution is -0.384. The summed E-state index contributed by atoms with van der Waals surface area (Å²) >= 11 is 5.73. The van der Waals surface area contributed by atoms with Crippen molar-refractivity contribution < 1.29 is 19.4 Å². The van der Waals surface area contributed by atoms with Crippen molar-refractivity contribution in [3.63, 3.8) is 0 Å². The minimum Gasteiger partial charge on any atom is -0.479 e. The molecule has 0 aliphatic carbocycles. The number of nitro benzene ring substituents is 2. The van der Waals surface area contributed by atoms with Gasteiger partial charge in [0.25, 0.3) is 11.4 Å². The van der Waals surface area contributed by atoms with E-state index in [0.717, 1.165) is 0 Å². The minimum absolute atomic E-state index is 0.0130. The monoisotopic (exact) mass is 388 g/mol. The summed E-state index contributed by atoms with van der Waals surface area (Å²) in [7, 11) is 0. The summed E-state index contributed by atoms with van der Waals surface area (Å²) in [6.07, 6.45) is 1.17. The van der Waals surface area contributed by atoms with E-state index in [1.807, 2.05) is 0 Å². The van der Waals surface area contributed by atoms with Crippen LogP contribution in [0.4, 0.5) is 17.1 Å². The van der Waals surface area contributed by atoms with Gasteiger partial charge in [0.1, 0.15) is 5.02 Å². The van der Waals surface area contributed by atoms with E-state index in [1.165, 1.54) is 48.7 Å². The number of nitro groups is 2. The normalized spacial score (nSPS) is 11.0. The topological polar surface area (TPSA) is 145 Å². The third-order valence-electron chi connectivity index (χ3n) is 3.42. The lowest BCUT2D eigenvalue weighted by atomic mass is 10.2. The highest BCUT2D eigenvalue weighted by atomic mass is 35.5. The molecule has 3 aromatic rings. The van der Waals surface area contributed by atoms with Crippen molar-refractivity contribution in [1.29, 1.82) is 0 Å². The maximum absolute atomic E-state index is 10.9. The van der Waals surface area contributed by atoms with Gasteiger partial charge in [-0.25, -0.2) is 4.98 Å². The van der Waals surface area contributed by atoms with E-state index >= 15 is 0 Å². The molecule has 0 amide bonds. The number of non-ortho nitro benzene ring substituents is 1. The largest absolute Gasteiger partial charge is 0.479 e. The number of hydrogen-bond acceptors (Lipinski definition) is 8. The van der Waals surface area contributed by atoms with E-state index in [0.29, 0.717) is 5.56 Å². The number of oxazole rings is 1. The van der Waals surface area contributed by atoms with Crippen LogP contribution in [0.5, 0.6) is 5.95 Å². The first kappa shape index (κ1) is 18.0. The number of aromatic nitrogens is 1. The maximum atomic E-state index is 10.9. The van der Waals surface area contributed by atoms with Gasteiger partial charge in [0.05, 0.1) is 21.7 Å². The van der Waals surface area contributed by atoms with Crippen LogP contribution in [0.2, 0.25) is 5.02 Å². The molecule has 0 saturated heterocycles. The van der Waals surface area contributed by atoms with Gasteiger partial charge >= 0.3 is 5.95 Å². The van der Waals surface area contributed by atoms with E-state index in [4.69, 9.17) is 16.0 Å². The molecule has 0 radical (unpaired) electrons. The summed E-state index contributed by atoms with van der Waals surface area (Å²) in [5, 5.41) is 31.4. The van der Waals surface area contributed by atoms with Crippen molar-refractivity contribution in [1.82, 2.24) is 4.98 Å². The highest BCUT2D eigenvalue weighted by molar-refractivity contribution is 6.32. The van der Waals surface area contributed by atoms with E-state index in [2.05, 4.69) is 9.98 Å². The average Bonchev–Trinajstić information content (AvgIpc) is 3.01. The number of aromatic hydroxyl groups is 1. The molecule has 27 heavy (non-hydrogen) atoms. The average molecular weight is 389 g/mol. The fraction of sp³-hybridized carbons (Fsp3) is 0. The molecule has 2 aromatic carbocycles. The molecule has 11 heteroatoms. The van der Waals surface area contributed by atoms with Crippen LogP contribution >= 0.6 is 11.6 Å². The highest BCUT2D eigenvalue weighted by Gasteiger charge is 2.15. The molecule has 136 valence electrons. The molecular weight excluding hydrogens is 380 g/mol.